The van der Waals surface area contributed by atoms with Crippen LogP contribution in [-0.2, 0) is 67.2 Å². The number of aromatic amines is 1. The first-order chi connectivity index (χ1) is 35.3. The number of carboxylic acids is 1. The topological polar surface area (TPSA) is 358 Å². The summed E-state index contributed by atoms with van der Waals surface area (Å²) in [5.41, 5.74) is 14.3. The molecular weight excluding hydrogens is 959 g/mol. The predicted molar refractivity (Wildman–Crippen MR) is 267 cm³/mol. The van der Waals surface area contributed by atoms with Gasteiger partial charge in [-0.05, 0) is 80.8 Å². The second kappa shape index (κ2) is 25.4. The lowest BCUT2D eigenvalue weighted by Crippen LogP contribution is -2.59. The van der Waals surface area contributed by atoms with E-state index in [0.29, 0.717) is 24.0 Å². The highest BCUT2D eigenvalue weighted by Crippen LogP contribution is 2.23. The summed E-state index contributed by atoms with van der Waals surface area (Å²) in [6.45, 7) is 2.41. The number of carboxylic acid groups (broad SMARTS) is 1. The second-order valence-corrected chi connectivity index (χ2v) is 18.5. The Labute approximate surface area is 425 Å². The van der Waals surface area contributed by atoms with Crippen molar-refractivity contribution < 1.29 is 58.2 Å². The van der Waals surface area contributed by atoms with Crippen LogP contribution in [-0.4, -0.2) is 152 Å². The smallest absolute Gasteiger partial charge is 0.326 e. The van der Waals surface area contributed by atoms with Gasteiger partial charge in [0.2, 0.25) is 53.2 Å². The van der Waals surface area contributed by atoms with E-state index in [4.69, 9.17) is 11.5 Å². The molecule has 0 unspecified atom stereocenters. The van der Waals surface area contributed by atoms with E-state index in [9.17, 15) is 58.2 Å². The number of aromatic nitrogens is 1. The van der Waals surface area contributed by atoms with Crippen molar-refractivity contribution in [1.29, 1.82) is 0 Å². The highest BCUT2D eigenvalue weighted by Gasteiger charge is 2.41. The number of H-pyrrole nitrogens is 1. The highest BCUT2D eigenvalue weighted by molar-refractivity contribution is 5.99. The maximum Gasteiger partial charge on any atom is 0.326 e. The molecule has 0 aliphatic carbocycles. The summed E-state index contributed by atoms with van der Waals surface area (Å²) in [6, 6.07) is 12.4. The number of primary amides is 1. The molecule has 2 fully saturated rings. The van der Waals surface area contributed by atoms with E-state index in [-0.39, 0.29) is 50.9 Å². The first-order valence-corrected chi connectivity index (χ1v) is 24.3. The van der Waals surface area contributed by atoms with E-state index in [1.165, 1.54) is 47.9 Å². The lowest BCUT2D eigenvalue weighted by atomic mass is 10.0. The van der Waals surface area contributed by atoms with Crippen LogP contribution < -0.4 is 43.4 Å². The molecule has 23 heteroatoms. The number of aliphatic carboxylic acids is 1. The van der Waals surface area contributed by atoms with Gasteiger partial charge in [0.25, 0.3) is 0 Å². The Kier molecular flexibility index (Phi) is 18.8. The van der Waals surface area contributed by atoms with Crippen molar-refractivity contribution in [3.05, 3.63) is 102 Å². The van der Waals surface area contributed by atoms with E-state index in [1.807, 2.05) is 48.5 Å². The summed E-state index contributed by atoms with van der Waals surface area (Å²) in [5, 5.41) is 35.8. The van der Waals surface area contributed by atoms with Crippen LogP contribution in [0.2, 0.25) is 0 Å². The number of benzene rings is 3. The van der Waals surface area contributed by atoms with E-state index < -0.39 is 120 Å². The number of aromatic hydroxyl groups is 1. The number of phenols is 1. The molecule has 4 aromatic rings. The van der Waals surface area contributed by atoms with E-state index in [0.717, 1.165) is 16.5 Å². The number of hydrogen-bond donors (Lipinski definition) is 11. The molecule has 0 radical (unpaired) electrons. The number of rotatable bonds is 23. The van der Waals surface area contributed by atoms with E-state index in [1.54, 1.807) is 12.3 Å². The summed E-state index contributed by atoms with van der Waals surface area (Å²) in [7, 11) is 0. The second-order valence-electron chi connectivity index (χ2n) is 18.5. The van der Waals surface area contributed by atoms with E-state index in [2.05, 4.69) is 36.9 Å². The summed E-state index contributed by atoms with van der Waals surface area (Å²) < 4.78 is 0. The molecule has 0 spiro atoms. The number of amides is 9. The Hall–Kier alpha value is -8.34. The average Bonchev–Trinajstić information content (AvgIpc) is 4.17. The minimum Gasteiger partial charge on any atom is -0.508 e. The fourth-order valence-corrected chi connectivity index (χ4v) is 9.07. The summed E-state index contributed by atoms with van der Waals surface area (Å²) in [6.07, 6.45) is 2.17. The number of carbonyl (C=O) groups is 10. The number of nitrogens with zero attached hydrogens (tertiary/aromatic N) is 2. The van der Waals surface area contributed by atoms with Crippen LogP contribution in [0.25, 0.3) is 10.9 Å². The molecular formula is C51H63N11O12. The molecule has 8 atom stereocenters. The van der Waals surface area contributed by atoms with Crippen molar-refractivity contribution in [3.63, 3.8) is 0 Å². The fraction of sp³-hybridized carbons (Fsp3) is 0.412. The standard InChI is InChI=1S/C51H63N11O12/c1-28(44(66)60-39(51(73)74)24-32-26-54-36-13-7-6-12-34(32)36)56-48(70)41-15-9-21-62(41)50(72)38(23-31-16-18-33(63)19-17-31)59-46(68)37(25-42(53)64)58-43(65)27-55-47(69)40-14-8-20-61(40)49(71)29(2)57-45(67)35(52)22-30-10-4-3-5-11-30/h3-7,10-13,16-19,26,28-29,35,37-41,54,63H,8-9,14-15,20-25,27,52H2,1-2H3,(H2,53,64)(H,55,69)(H,56,70)(H,57,67)(H,58,65)(H,59,68)(H,60,66)(H,73,74)/t28-,29-,35-,37-,38-,39-,40-,41-/m0/s1. The van der Waals surface area contributed by atoms with E-state index >= 15 is 0 Å². The third-order valence-corrected chi connectivity index (χ3v) is 13.0. The zero-order valence-corrected chi connectivity index (χ0v) is 41.0. The van der Waals surface area contributed by atoms with Gasteiger partial charge in [0.05, 0.1) is 19.0 Å². The lowest BCUT2D eigenvalue weighted by molar-refractivity contribution is -0.143. The lowest BCUT2D eigenvalue weighted by Gasteiger charge is -2.30. The number of fused-ring (bicyclic) bond motifs is 1. The number of carbonyl (C=O) groups excluding carboxylic acids is 9. The molecule has 0 saturated carbocycles. The first-order valence-electron chi connectivity index (χ1n) is 24.3. The van der Waals surface area contributed by atoms with Crippen molar-refractivity contribution in [2.24, 2.45) is 11.5 Å². The third kappa shape index (κ3) is 14.6. The maximum atomic E-state index is 14.4. The van der Waals surface area contributed by atoms with Crippen molar-refractivity contribution in [2.75, 3.05) is 19.6 Å². The predicted octanol–water partition coefficient (Wildman–Crippen LogP) is -1.25. The largest absolute Gasteiger partial charge is 0.508 e. The van der Waals surface area contributed by atoms with Crippen molar-refractivity contribution in [1.82, 2.24) is 46.7 Å². The number of likely N-dealkylation sites (tertiary alicyclic amines) is 2. The van der Waals surface area contributed by atoms with Gasteiger partial charge in [-0.15, -0.1) is 0 Å². The molecule has 23 nitrogen and oxygen atoms in total. The van der Waals surface area contributed by atoms with Gasteiger partial charge in [0, 0.05) is 43.0 Å². The molecule has 3 aromatic carbocycles. The Morgan fingerprint density at radius 2 is 1.26 bits per heavy atom. The molecule has 3 heterocycles. The van der Waals surface area contributed by atoms with Gasteiger partial charge in [0.15, 0.2) is 0 Å². The number of para-hydroxylation sites is 1. The molecule has 13 N–H and O–H groups in total. The Morgan fingerprint density at radius 3 is 1.92 bits per heavy atom. The highest BCUT2D eigenvalue weighted by atomic mass is 16.4. The van der Waals surface area contributed by atoms with Crippen molar-refractivity contribution in [2.45, 2.75) is 114 Å². The first kappa shape index (κ1) is 55.0. The Morgan fingerprint density at radius 1 is 0.649 bits per heavy atom. The van der Waals surface area contributed by atoms with Crippen LogP contribution in [0.1, 0.15) is 62.6 Å². The minimum atomic E-state index is -1.66. The zero-order valence-electron chi connectivity index (χ0n) is 41.0. The van der Waals surface area contributed by atoms with Gasteiger partial charge < -0.3 is 68.4 Å². The SMILES string of the molecule is C[C@H](NC(=O)[C@@H]1CCCN1C(=O)[C@H](Cc1ccc(O)cc1)NC(=O)[C@H](CC(N)=O)NC(=O)CNC(=O)[C@@H]1CCCN1C(=O)[C@H](C)NC(=O)[C@@H](N)Cc1ccccc1)C(=O)N[C@@H](Cc1c[nH]c2ccccc12)C(=O)O. The van der Waals surface area contributed by atoms with Crippen molar-refractivity contribution >= 4 is 70.0 Å². The molecule has 2 saturated heterocycles. The van der Waals surface area contributed by atoms with Crippen LogP contribution in [0.15, 0.2) is 85.1 Å². The summed E-state index contributed by atoms with van der Waals surface area (Å²) in [5.74, 6) is -8.33. The summed E-state index contributed by atoms with van der Waals surface area (Å²) in [4.78, 5) is 139. The number of hydrogen-bond acceptors (Lipinski definition) is 12. The van der Waals surface area contributed by atoms with Crippen LogP contribution in [0, 0.1) is 0 Å². The number of nitrogens with two attached hydrogens (primary N) is 2. The zero-order chi connectivity index (χ0) is 53.6. The summed E-state index contributed by atoms with van der Waals surface area (Å²) >= 11 is 0. The van der Waals surface area contributed by atoms with Gasteiger partial charge >= 0.3 is 5.97 Å². The molecule has 6 rings (SSSR count). The minimum absolute atomic E-state index is 0.0508. The molecule has 394 valence electrons. The number of phenolic OH excluding ortho intramolecular Hbond substituents is 1. The van der Waals surface area contributed by atoms with Gasteiger partial charge in [-0.25, -0.2) is 4.79 Å². The van der Waals surface area contributed by atoms with Crippen LogP contribution in [0.5, 0.6) is 5.75 Å². The Balaban J connectivity index is 1.06. The van der Waals surface area contributed by atoms with Gasteiger partial charge in [-0.2, -0.15) is 0 Å². The van der Waals surface area contributed by atoms with Crippen LogP contribution in [0.3, 0.4) is 0 Å². The fourth-order valence-electron chi connectivity index (χ4n) is 9.07. The monoisotopic (exact) mass is 1020 g/mol. The average molecular weight is 1020 g/mol. The Bertz CT molecular complexity index is 2720. The van der Waals surface area contributed by atoms with Crippen molar-refractivity contribution in [3.8, 4) is 5.75 Å². The molecule has 0 bridgehead atoms. The molecule has 2 aliphatic heterocycles. The number of nitrogens with one attached hydrogen (secondary N) is 7. The van der Waals surface area contributed by atoms with Gasteiger partial charge in [0.1, 0.15) is 48.0 Å². The molecule has 2 aliphatic rings. The third-order valence-electron chi connectivity index (χ3n) is 13.0. The van der Waals surface area contributed by atoms with Crippen LogP contribution >= 0.6 is 0 Å². The normalized spacial score (nSPS) is 17.7. The van der Waals surface area contributed by atoms with Gasteiger partial charge in [-0.1, -0.05) is 60.7 Å². The van der Waals surface area contributed by atoms with Crippen LogP contribution in [0.4, 0.5) is 0 Å². The molecule has 74 heavy (non-hydrogen) atoms. The van der Waals surface area contributed by atoms with Gasteiger partial charge in [-0.3, -0.25) is 43.2 Å². The quantitative estimate of drug-likeness (QED) is 0.0415. The maximum absolute atomic E-state index is 14.4. The molecule has 1 aromatic heterocycles. The molecule has 9 amide bonds.